The van der Waals surface area contributed by atoms with Crippen LogP contribution in [-0.2, 0) is 0 Å². The van der Waals surface area contributed by atoms with Crippen molar-refractivity contribution in [2.45, 2.75) is 25.9 Å². The third-order valence-electron chi connectivity index (χ3n) is 2.84. The molecule has 58 valence electrons. The fourth-order valence-electron chi connectivity index (χ4n) is 2.16. The first-order valence-electron chi connectivity index (χ1n) is 4.25. The molecule has 2 aliphatic rings. The van der Waals surface area contributed by atoms with Crippen molar-refractivity contribution >= 4 is 0 Å². The maximum Gasteiger partial charge on any atom is 0.0276 e. The smallest absolute Gasteiger partial charge is 0.0276 e. The number of nitrogens with one attached hydrogen (secondary N) is 1. The highest BCUT2D eigenvalue weighted by Gasteiger charge is 2.42. The van der Waals surface area contributed by atoms with E-state index in [0.29, 0.717) is 0 Å². The third-order valence-corrected chi connectivity index (χ3v) is 2.84. The number of rotatable bonds is 1. The molecule has 0 amide bonds. The number of hydrogen-bond donors (Lipinski definition) is 1. The van der Waals surface area contributed by atoms with Gasteiger partial charge in [-0.1, -0.05) is 0 Å². The lowest BCUT2D eigenvalue weighted by atomic mass is 9.90. The molecule has 2 heteroatoms. The zero-order valence-electron chi connectivity index (χ0n) is 6.80. The second kappa shape index (κ2) is 2.21. The molecule has 0 saturated carbocycles. The maximum absolute atomic E-state index is 3.43. The van der Waals surface area contributed by atoms with Crippen LogP contribution in [-0.4, -0.2) is 36.6 Å². The standard InChI is InChI=1S/C8H16N2/c1-6(2)10-5-7-3-9-4-8(7)10/h6-9H,3-5H2,1-2H3. The highest BCUT2D eigenvalue weighted by Crippen LogP contribution is 2.29. The summed E-state index contributed by atoms with van der Waals surface area (Å²) in [4.78, 5) is 2.59. The van der Waals surface area contributed by atoms with E-state index in [2.05, 4.69) is 24.1 Å². The third kappa shape index (κ3) is 0.789. The number of likely N-dealkylation sites (tertiary alicyclic amines) is 1. The maximum atomic E-state index is 3.43. The Morgan fingerprint density at radius 3 is 2.80 bits per heavy atom. The molecule has 0 bridgehead atoms. The number of fused-ring (bicyclic) bond motifs is 1. The van der Waals surface area contributed by atoms with Gasteiger partial charge < -0.3 is 5.32 Å². The van der Waals surface area contributed by atoms with Gasteiger partial charge in [0.05, 0.1) is 0 Å². The van der Waals surface area contributed by atoms with Crippen molar-refractivity contribution in [1.82, 2.24) is 10.2 Å². The van der Waals surface area contributed by atoms with Crippen LogP contribution in [0, 0.1) is 5.92 Å². The zero-order valence-corrected chi connectivity index (χ0v) is 6.80. The van der Waals surface area contributed by atoms with E-state index in [0.717, 1.165) is 18.0 Å². The summed E-state index contributed by atoms with van der Waals surface area (Å²) in [5.74, 6) is 0.974. The van der Waals surface area contributed by atoms with E-state index in [4.69, 9.17) is 0 Å². The molecule has 0 aromatic carbocycles. The van der Waals surface area contributed by atoms with Gasteiger partial charge in [0.25, 0.3) is 0 Å². The molecule has 2 saturated heterocycles. The predicted molar refractivity (Wildman–Crippen MR) is 42.0 cm³/mol. The molecule has 2 nitrogen and oxygen atoms in total. The van der Waals surface area contributed by atoms with Gasteiger partial charge in [-0.2, -0.15) is 0 Å². The van der Waals surface area contributed by atoms with Crippen LogP contribution in [0.3, 0.4) is 0 Å². The SMILES string of the molecule is CC(C)N1CC2CNCC21. The average Bonchev–Trinajstić information content (AvgIpc) is 2.11. The van der Waals surface area contributed by atoms with Crippen molar-refractivity contribution in [3.05, 3.63) is 0 Å². The van der Waals surface area contributed by atoms with Crippen molar-refractivity contribution in [3.8, 4) is 0 Å². The van der Waals surface area contributed by atoms with E-state index in [1.54, 1.807) is 0 Å². The summed E-state index contributed by atoms with van der Waals surface area (Å²) in [6.45, 7) is 8.38. The lowest BCUT2D eigenvalue weighted by molar-refractivity contribution is 0.0218. The van der Waals surface area contributed by atoms with Gasteiger partial charge in [0.15, 0.2) is 0 Å². The Morgan fingerprint density at radius 2 is 2.20 bits per heavy atom. The van der Waals surface area contributed by atoms with Crippen LogP contribution in [0.1, 0.15) is 13.8 Å². The molecule has 0 aromatic rings. The normalized spacial score (nSPS) is 39.9. The molecular weight excluding hydrogens is 124 g/mol. The fourth-order valence-corrected chi connectivity index (χ4v) is 2.16. The lowest BCUT2D eigenvalue weighted by Crippen LogP contribution is -2.58. The molecule has 0 spiro atoms. The van der Waals surface area contributed by atoms with Crippen LogP contribution in [0.15, 0.2) is 0 Å². The highest BCUT2D eigenvalue weighted by molar-refractivity contribution is 4.99. The summed E-state index contributed by atoms with van der Waals surface area (Å²) >= 11 is 0. The topological polar surface area (TPSA) is 15.3 Å². The zero-order chi connectivity index (χ0) is 7.14. The molecule has 0 aromatic heterocycles. The van der Waals surface area contributed by atoms with Crippen molar-refractivity contribution in [3.63, 3.8) is 0 Å². The first-order valence-corrected chi connectivity index (χ1v) is 4.25. The molecule has 0 aliphatic carbocycles. The van der Waals surface area contributed by atoms with Gasteiger partial charge in [0.1, 0.15) is 0 Å². The Morgan fingerprint density at radius 1 is 1.40 bits per heavy atom. The summed E-state index contributed by atoms with van der Waals surface area (Å²) < 4.78 is 0. The Kier molecular flexibility index (Phi) is 1.46. The minimum absolute atomic E-state index is 0.751. The van der Waals surface area contributed by atoms with Crippen molar-refractivity contribution in [1.29, 1.82) is 0 Å². The van der Waals surface area contributed by atoms with Gasteiger partial charge in [0, 0.05) is 37.6 Å². The summed E-state index contributed by atoms with van der Waals surface area (Å²) in [7, 11) is 0. The van der Waals surface area contributed by atoms with E-state index in [9.17, 15) is 0 Å². The van der Waals surface area contributed by atoms with Crippen molar-refractivity contribution in [2.24, 2.45) is 5.92 Å². The van der Waals surface area contributed by atoms with Gasteiger partial charge in [-0.05, 0) is 13.8 Å². The minimum Gasteiger partial charge on any atom is -0.315 e. The Bertz CT molecular complexity index is 133. The van der Waals surface area contributed by atoms with Crippen LogP contribution < -0.4 is 5.32 Å². The van der Waals surface area contributed by atoms with E-state index in [-0.39, 0.29) is 0 Å². The van der Waals surface area contributed by atoms with Crippen LogP contribution in [0.25, 0.3) is 0 Å². The van der Waals surface area contributed by atoms with E-state index in [1.165, 1.54) is 19.6 Å². The molecule has 1 N–H and O–H groups in total. The van der Waals surface area contributed by atoms with E-state index in [1.807, 2.05) is 0 Å². The van der Waals surface area contributed by atoms with Crippen molar-refractivity contribution in [2.75, 3.05) is 19.6 Å². The first kappa shape index (κ1) is 6.62. The fraction of sp³-hybridized carbons (Fsp3) is 1.00. The van der Waals surface area contributed by atoms with Crippen LogP contribution >= 0.6 is 0 Å². The Labute approximate surface area is 62.6 Å². The highest BCUT2D eigenvalue weighted by atomic mass is 15.3. The first-order chi connectivity index (χ1) is 4.79. The van der Waals surface area contributed by atoms with Gasteiger partial charge in [-0.15, -0.1) is 0 Å². The molecule has 2 atom stereocenters. The van der Waals surface area contributed by atoms with Gasteiger partial charge in [0.2, 0.25) is 0 Å². The monoisotopic (exact) mass is 140 g/mol. The average molecular weight is 140 g/mol. The summed E-state index contributed by atoms with van der Waals surface area (Å²) in [6.07, 6.45) is 0. The molecular formula is C8H16N2. The molecule has 2 unspecified atom stereocenters. The largest absolute Gasteiger partial charge is 0.315 e. The predicted octanol–water partition coefficient (Wildman–Crippen LogP) is 0.298. The summed E-state index contributed by atoms with van der Waals surface area (Å²) in [5.41, 5.74) is 0. The van der Waals surface area contributed by atoms with Gasteiger partial charge >= 0.3 is 0 Å². The molecule has 10 heavy (non-hydrogen) atoms. The second-order valence-electron chi connectivity index (χ2n) is 3.78. The molecule has 2 fully saturated rings. The Balaban J connectivity index is 1.94. The lowest BCUT2D eigenvalue weighted by Gasteiger charge is -2.46. The van der Waals surface area contributed by atoms with Gasteiger partial charge in [-0.3, -0.25) is 4.90 Å². The number of nitrogens with zero attached hydrogens (tertiary/aromatic N) is 1. The van der Waals surface area contributed by atoms with Crippen LogP contribution in [0.5, 0.6) is 0 Å². The number of hydrogen-bond acceptors (Lipinski definition) is 2. The Hall–Kier alpha value is -0.0800. The van der Waals surface area contributed by atoms with Gasteiger partial charge in [-0.25, -0.2) is 0 Å². The molecule has 2 aliphatic heterocycles. The molecule has 0 radical (unpaired) electrons. The van der Waals surface area contributed by atoms with Crippen molar-refractivity contribution < 1.29 is 0 Å². The van der Waals surface area contributed by atoms with E-state index >= 15 is 0 Å². The molecule has 2 heterocycles. The van der Waals surface area contributed by atoms with E-state index < -0.39 is 0 Å². The second-order valence-corrected chi connectivity index (χ2v) is 3.78. The summed E-state index contributed by atoms with van der Waals surface area (Å²) in [5, 5.41) is 3.43. The quantitative estimate of drug-likeness (QED) is 0.563. The minimum atomic E-state index is 0.751. The van der Waals surface area contributed by atoms with Crippen LogP contribution in [0.4, 0.5) is 0 Å². The molecule has 2 rings (SSSR count). The summed E-state index contributed by atoms with van der Waals surface area (Å²) in [6, 6.07) is 1.63. The van der Waals surface area contributed by atoms with Crippen LogP contribution in [0.2, 0.25) is 0 Å².